The number of primary amides is 1. The van der Waals surface area contributed by atoms with E-state index in [-0.39, 0.29) is 5.91 Å². The summed E-state index contributed by atoms with van der Waals surface area (Å²) in [6, 6.07) is 7.64. The number of aromatic nitrogens is 1. The van der Waals surface area contributed by atoms with E-state index in [4.69, 9.17) is 5.73 Å². The van der Waals surface area contributed by atoms with Crippen LogP contribution in [0.1, 0.15) is 18.2 Å². The van der Waals surface area contributed by atoms with Gasteiger partial charge in [0.1, 0.15) is 6.04 Å². The third-order valence-electron chi connectivity index (χ3n) is 3.25. The Balaban J connectivity index is 2.23. The molecule has 0 saturated carbocycles. The number of benzene rings is 1. The van der Waals surface area contributed by atoms with E-state index in [0.29, 0.717) is 6.42 Å². The smallest absolute Gasteiger partial charge is 0.242 e. The number of nitrogens with one attached hydrogen (secondary N) is 1. The zero-order valence-electron chi connectivity index (χ0n) is 9.53. The summed E-state index contributed by atoms with van der Waals surface area (Å²) in [5, 5.41) is 1.16. The molecule has 1 aliphatic heterocycles. The first-order chi connectivity index (χ1) is 8.16. The van der Waals surface area contributed by atoms with Gasteiger partial charge in [-0.25, -0.2) is 0 Å². The van der Waals surface area contributed by atoms with E-state index in [2.05, 4.69) is 16.0 Å². The highest BCUT2D eigenvalue weighted by atomic mass is 16.1. The van der Waals surface area contributed by atoms with Crippen molar-refractivity contribution in [3.8, 4) is 0 Å². The molecule has 0 fully saturated rings. The number of aliphatic imine (C=N–C) groups is 1. The Labute approximate surface area is 98.5 Å². The first-order valence-corrected chi connectivity index (χ1v) is 5.60. The second-order valence-corrected chi connectivity index (χ2v) is 4.36. The normalized spacial score (nSPS) is 18.9. The Morgan fingerprint density at radius 2 is 2.24 bits per heavy atom. The van der Waals surface area contributed by atoms with Crippen LogP contribution in [0.5, 0.6) is 0 Å². The van der Waals surface area contributed by atoms with Gasteiger partial charge >= 0.3 is 0 Å². The Kier molecular flexibility index (Phi) is 2.04. The van der Waals surface area contributed by atoms with E-state index in [1.54, 1.807) is 0 Å². The van der Waals surface area contributed by atoms with Crippen molar-refractivity contribution in [1.29, 1.82) is 0 Å². The Morgan fingerprint density at radius 3 is 3.00 bits per heavy atom. The lowest BCUT2D eigenvalue weighted by atomic mass is 9.97. The van der Waals surface area contributed by atoms with Crippen molar-refractivity contribution >= 4 is 22.5 Å². The molecule has 0 spiro atoms. The molecule has 2 aromatic rings. The van der Waals surface area contributed by atoms with Crippen molar-refractivity contribution in [2.45, 2.75) is 19.4 Å². The first kappa shape index (κ1) is 10.1. The summed E-state index contributed by atoms with van der Waals surface area (Å²) in [6.07, 6.45) is 0.589. The van der Waals surface area contributed by atoms with E-state index in [9.17, 15) is 4.79 Å². The zero-order valence-corrected chi connectivity index (χ0v) is 9.53. The molecule has 0 saturated heterocycles. The lowest BCUT2D eigenvalue weighted by Gasteiger charge is -2.16. The average Bonchev–Trinajstić information content (AvgIpc) is 2.68. The minimum atomic E-state index is -0.429. The van der Waals surface area contributed by atoms with Crippen LogP contribution >= 0.6 is 0 Å². The Morgan fingerprint density at radius 1 is 1.47 bits per heavy atom. The number of carbonyl (C=O) groups excluding carboxylic acids is 1. The van der Waals surface area contributed by atoms with E-state index >= 15 is 0 Å². The van der Waals surface area contributed by atoms with Gasteiger partial charge in [0.2, 0.25) is 5.91 Å². The number of amides is 1. The summed E-state index contributed by atoms with van der Waals surface area (Å²) < 4.78 is 0. The van der Waals surface area contributed by atoms with Gasteiger partial charge in [-0.3, -0.25) is 9.79 Å². The largest absolute Gasteiger partial charge is 0.368 e. The molecule has 1 unspecified atom stereocenters. The number of hydrogen-bond acceptors (Lipinski definition) is 2. The van der Waals surface area contributed by atoms with Crippen molar-refractivity contribution in [1.82, 2.24) is 4.98 Å². The highest BCUT2D eigenvalue weighted by molar-refractivity contribution is 6.06. The second kappa shape index (κ2) is 3.45. The highest BCUT2D eigenvalue weighted by Crippen LogP contribution is 2.27. The van der Waals surface area contributed by atoms with Crippen LogP contribution in [0.4, 0.5) is 0 Å². The molecule has 86 valence electrons. The molecule has 1 atom stereocenters. The predicted octanol–water partition coefficient (Wildman–Crippen LogP) is 1.39. The van der Waals surface area contributed by atoms with Crippen molar-refractivity contribution in [2.75, 3.05) is 0 Å². The Bertz CT molecular complexity index is 639. The summed E-state index contributed by atoms with van der Waals surface area (Å²) in [6.45, 7) is 1.91. The van der Waals surface area contributed by atoms with Gasteiger partial charge < -0.3 is 10.7 Å². The number of carbonyl (C=O) groups is 1. The second-order valence-electron chi connectivity index (χ2n) is 4.36. The molecule has 4 heteroatoms. The molecule has 3 N–H and O–H groups in total. The van der Waals surface area contributed by atoms with Crippen LogP contribution in [0.3, 0.4) is 0 Å². The van der Waals surface area contributed by atoms with Crippen molar-refractivity contribution in [3.05, 3.63) is 35.5 Å². The molecule has 4 nitrogen and oxygen atoms in total. The summed E-state index contributed by atoms with van der Waals surface area (Å²) in [5.41, 5.74) is 9.46. The fourth-order valence-electron chi connectivity index (χ4n) is 2.42. The van der Waals surface area contributed by atoms with Gasteiger partial charge in [0, 0.05) is 17.3 Å². The van der Waals surface area contributed by atoms with E-state index < -0.39 is 6.04 Å². The monoisotopic (exact) mass is 227 g/mol. The third-order valence-corrected chi connectivity index (χ3v) is 3.25. The third kappa shape index (κ3) is 1.45. The summed E-state index contributed by atoms with van der Waals surface area (Å²) >= 11 is 0. The molecule has 3 rings (SSSR count). The number of nitrogens with zero attached hydrogens (tertiary/aromatic N) is 1. The predicted molar refractivity (Wildman–Crippen MR) is 67.2 cm³/mol. The van der Waals surface area contributed by atoms with Crippen LogP contribution in [-0.4, -0.2) is 22.6 Å². The van der Waals surface area contributed by atoms with Gasteiger partial charge in [0.25, 0.3) is 0 Å². The fraction of sp³-hybridized carbons (Fsp3) is 0.231. The van der Waals surface area contributed by atoms with E-state index in [1.165, 1.54) is 0 Å². The lowest BCUT2D eigenvalue weighted by Crippen LogP contribution is -2.32. The van der Waals surface area contributed by atoms with Crippen molar-refractivity contribution in [3.63, 3.8) is 0 Å². The minimum absolute atomic E-state index is 0.361. The van der Waals surface area contributed by atoms with E-state index in [1.807, 2.05) is 25.1 Å². The number of para-hydroxylation sites is 1. The average molecular weight is 227 g/mol. The van der Waals surface area contributed by atoms with Crippen LogP contribution < -0.4 is 5.73 Å². The van der Waals surface area contributed by atoms with Crippen molar-refractivity contribution < 1.29 is 4.79 Å². The standard InChI is InChI=1S/C13H13N3O/c1-7-12-9(6-11(15-7)13(14)17)8-4-2-3-5-10(8)16-12/h2-5,11,16H,6H2,1H3,(H2,14,17). The molecular weight excluding hydrogens is 214 g/mol. The molecule has 1 aromatic carbocycles. The van der Waals surface area contributed by atoms with Gasteiger partial charge in [-0.2, -0.15) is 0 Å². The summed E-state index contributed by atoms with van der Waals surface area (Å²) in [4.78, 5) is 18.9. The van der Waals surface area contributed by atoms with Crippen LogP contribution in [-0.2, 0) is 11.2 Å². The molecular formula is C13H13N3O. The maximum atomic E-state index is 11.3. The molecule has 0 radical (unpaired) electrons. The van der Waals surface area contributed by atoms with Gasteiger partial charge in [0.05, 0.1) is 11.4 Å². The van der Waals surface area contributed by atoms with Gasteiger partial charge in [-0.1, -0.05) is 18.2 Å². The number of aromatic amines is 1. The number of fused-ring (bicyclic) bond motifs is 3. The minimum Gasteiger partial charge on any atom is -0.368 e. The van der Waals surface area contributed by atoms with Crippen LogP contribution in [0.25, 0.3) is 10.9 Å². The maximum Gasteiger partial charge on any atom is 0.242 e. The van der Waals surface area contributed by atoms with Crippen molar-refractivity contribution in [2.24, 2.45) is 10.7 Å². The molecule has 1 aromatic heterocycles. The Hall–Kier alpha value is -2.10. The summed E-state index contributed by atoms with van der Waals surface area (Å²) in [5.74, 6) is -0.361. The van der Waals surface area contributed by atoms with Gasteiger partial charge in [-0.05, 0) is 18.6 Å². The van der Waals surface area contributed by atoms with Crippen LogP contribution in [0, 0.1) is 0 Å². The first-order valence-electron chi connectivity index (χ1n) is 5.60. The van der Waals surface area contributed by atoms with Crippen LogP contribution in [0.2, 0.25) is 0 Å². The molecule has 0 aliphatic carbocycles. The molecule has 2 heterocycles. The highest BCUT2D eigenvalue weighted by Gasteiger charge is 2.25. The van der Waals surface area contributed by atoms with Crippen LogP contribution in [0.15, 0.2) is 29.3 Å². The summed E-state index contributed by atoms with van der Waals surface area (Å²) in [7, 11) is 0. The molecule has 17 heavy (non-hydrogen) atoms. The molecule has 1 amide bonds. The lowest BCUT2D eigenvalue weighted by molar-refractivity contribution is -0.119. The number of nitrogens with two attached hydrogens (primary N) is 1. The topological polar surface area (TPSA) is 71.2 Å². The zero-order chi connectivity index (χ0) is 12.0. The van der Waals surface area contributed by atoms with Gasteiger partial charge in [-0.15, -0.1) is 0 Å². The number of rotatable bonds is 1. The molecule has 1 aliphatic rings. The van der Waals surface area contributed by atoms with E-state index in [0.717, 1.165) is 27.9 Å². The number of hydrogen-bond donors (Lipinski definition) is 2. The number of H-pyrrole nitrogens is 1. The van der Waals surface area contributed by atoms with Gasteiger partial charge in [0.15, 0.2) is 0 Å². The molecule has 0 bridgehead atoms. The maximum absolute atomic E-state index is 11.3. The SMILES string of the molecule is CC1=NC(C(N)=O)Cc2c1[nH]c1ccccc21. The quantitative estimate of drug-likeness (QED) is 0.759. The fourth-order valence-corrected chi connectivity index (χ4v) is 2.42.